The third kappa shape index (κ3) is 3.43. The average Bonchev–Trinajstić information content (AvgIpc) is 2.59. The number of phenolic OH excluding ortho intramolecular Hbond substituents is 1. The molecule has 0 aliphatic carbocycles. The molecule has 128 valence electrons. The van der Waals surface area contributed by atoms with Gasteiger partial charge in [-0.25, -0.2) is 0 Å². The van der Waals surface area contributed by atoms with Gasteiger partial charge in [0, 0.05) is 6.07 Å². The third-order valence-corrected chi connectivity index (χ3v) is 3.98. The van der Waals surface area contributed by atoms with E-state index in [1.165, 1.54) is 13.2 Å². The number of carbonyl (C=O) groups is 1. The maximum absolute atomic E-state index is 12.6. The molecule has 0 bridgehead atoms. The smallest absolute Gasteiger partial charge is 0.193 e. The Labute approximate surface area is 147 Å². The Morgan fingerprint density at radius 2 is 1.96 bits per heavy atom. The molecule has 0 atom stereocenters. The summed E-state index contributed by atoms with van der Waals surface area (Å²) < 4.78 is 11.2. The highest BCUT2D eigenvalue weighted by Crippen LogP contribution is 2.43. The molecule has 4 nitrogen and oxygen atoms in total. The molecule has 0 saturated carbocycles. The number of allylic oxidation sites excluding steroid dienone is 1. The van der Waals surface area contributed by atoms with Crippen LogP contribution in [0.4, 0.5) is 0 Å². The summed E-state index contributed by atoms with van der Waals surface area (Å²) in [5.41, 5.74) is 1.03. The van der Waals surface area contributed by atoms with Gasteiger partial charge in [-0.3, -0.25) is 4.79 Å². The maximum atomic E-state index is 12.6. The van der Waals surface area contributed by atoms with Gasteiger partial charge in [0.2, 0.25) is 0 Å². The van der Waals surface area contributed by atoms with Crippen molar-refractivity contribution in [2.45, 2.75) is 19.4 Å². The van der Waals surface area contributed by atoms with Crippen LogP contribution >= 0.6 is 0 Å². The van der Waals surface area contributed by atoms with Gasteiger partial charge in [0.05, 0.1) is 12.7 Å². The topological polar surface area (TPSA) is 55.8 Å². The Kier molecular flexibility index (Phi) is 4.36. The van der Waals surface area contributed by atoms with Crippen molar-refractivity contribution in [3.8, 4) is 17.2 Å². The van der Waals surface area contributed by atoms with Crippen molar-refractivity contribution in [2.24, 2.45) is 0 Å². The molecular weight excluding hydrogens is 316 g/mol. The molecule has 1 heterocycles. The van der Waals surface area contributed by atoms with E-state index >= 15 is 0 Å². The van der Waals surface area contributed by atoms with Crippen molar-refractivity contribution in [3.05, 3.63) is 65.2 Å². The van der Waals surface area contributed by atoms with Crippen molar-refractivity contribution in [2.75, 3.05) is 7.11 Å². The number of benzene rings is 2. The zero-order valence-corrected chi connectivity index (χ0v) is 14.4. The lowest BCUT2D eigenvalue weighted by Crippen LogP contribution is -2.27. The van der Waals surface area contributed by atoms with E-state index in [-0.39, 0.29) is 22.8 Å². The molecule has 2 aromatic carbocycles. The summed E-state index contributed by atoms with van der Waals surface area (Å²) in [4.78, 5) is 12.6. The molecule has 0 unspecified atom stereocenters. The van der Waals surface area contributed by atoms with E-state index in [1.54, 1.807) is 18.2 Å². The lowest BCUT2D eigenvalue weighted by atomic mass is 9.97. The predicted octanol–water partition coefficient (Wildman–Crippen LogP) is 4.48. The summed E-state index contributed by atoms with van der Waals surface area (Å²) in [7, 11) is 1.46. The highest BCUT2D eigenvalue weighted by atomic mass is 16.5. The van der Waals surface area contributed by atoms with Crippen molar-refractivity contribution in [1.82, 2.24) is 0 Å². The van der Waals surface area contributed by atoms with Crippen LogP contribution in [0, 0.1) is 0 Å². The van der Waals surface area contributed by atoms with Gasteiger partial charge in [0.15, 0.2) is 5.78 Å². The summed E-state index contributed by atoms with van der Waals surface area (Å²) in [6.45, 7) is 3.83. The molecule has 0 amide bonds. The van der Waals surface area contributed by atoms with Crippen LogP contribution in [0.15, 0.2) is 48.6 Å². The minimum Gasteiger partial charge on any atom is -0.506 e. The number of carbonyl (C=O) groups excluding carboxylic acids is 1. The first-order valence-corrected chi connectivity index (χ1v) is 8.01. The molecule has 1 aliphatic rings. The molecule has 2 aromatic rings. The van der Waals surface area contributed by atoms with Gasteiger partial charge in [-0.05, 0) is 37.6 Å². The first kappa shape index (κ1) is 16.8. The SMILES string of the molecule is COc1cc2c(c(O)c1C(=O)/C=C/c1ccccc1)C=CC(C)(C)O2. The van der Waals surface area contributed by atoms with Crippen molar-refractivity contribution in [1.29, 1.82) is 0 Å². The predicted molar refractivity (Wildman–Crippen MR) is 98.2 cm³/mol. The highest BCUT2D eigenvalue weighted by molar-refractivity contribution is 6.11. The summed E-state index contributed by atoms with van der Waals surface area (Å²) in [6, 6.07) is 11.1. The Morgan fingerprint density at radius 1 is 1.24 bits per heavy atom. The van der Waals surface area contributed by atoms with E-state index in [0.29, 0.717) is 11.3 Å². The summed E-state index contributed by atoms with van der Waals surface area (Å²) >= 11 is 0. The molecule has 0 fully saturated rings. The number of fused-ring (bicyclic) bond motifs is 1. The molecule has 0 radical (unpaired) electrons. The molecule has 0 saturated heterocycles. The number of ketones is 1. The Hall–Kier alpha value is -3.01. The molecule has 1 aliphatic heterocycles. The van der Waals surface area contributed by atoms with Gasteiger partial charge in [-0.15, -0.1) is 0 Å². The normalized spacial score (nSPS) is 14.8. The monoisotopic (exact) mass is 336 g/mol. The second-order valence-corrected chi connectivity index (χ2v) is 6.36. The molecule has 1 N–H and O–H groups in total. The third-order valence-electron chi connectivity index (χ3n) is 3.98. The van der Waals surface area contributed by atoms with Crippen LogP contribution in [0.5, 0.6) is 17.2 Å². The van der Waals surface area contributed by atoms with E-state index in [1.807, 2.05) is 50.3 Å². The first-order chi connectivity index (χ1) is 11.9. The number of methoxy groups -OCH3 is 1. The van der Waals surface area contributed by atoms with Crippen LogP contribution in [0.1, 0.15) is 35.3 Å². The van der Waals surface area contributed by atoms with Crippen molar-refractivity contribution >= 4 is 17.9 Å². The van der Waals surface area contributed by atoms with E-state index in [0.717, 1.165) is 5.56 Å². The first-order valence-electron chi connectivity index (χ1n) is 8.01. The lowest BCUT2D eigenvalue weighted by Gasteiger charge is -2.29. The lowest BCUT2D eigenvalue weighted by molar-refractivity contribution is 0.104. The largest absolute Gasteiger partial charge is 0.506 e. The van der Waals surface area contributed by atoms with E-state index in [2.05, 4.69) is 0 Å². The summed E-state index contributed by atoms with van der Waals surface area (Å²) in [5, 5.41) is 10.6. The van der Waals surface area contributed by atoms with E-state index in [9.17, 15) is 9.90 Å². The Bertz CT molecular complexity index is 861. The summed E-state index contributed by atoms with van der Waals surface area (Å²) in [5.74, 6) is 0.304. The van der Waals surface area contributed by atoms with Gasteiger partial charge in [0.25, 0.3) is 0 Å². The molecule has 0 spiro atoms. The van der Waals surface area contributed by atoms with Crippen molar-refractivity contribution in [3.63, 3.8) is 0 Å². The summed E-state index contributed by atoms with van der Waals surface area (Å²) in [6.07, 6.45) is 6.74. The molecule has 25 heavy (non-hydrogen) atoms. The number of rotatable bonds is 4. The van der Waals surface area contributed by atoms with Gasteiger partial charge < -0.3 is 14.6 Å². The number of phenols is 1. The Balaban J connectivity index is 2.01. The van der Waals surface area contributed by atoms with Crippen LogP contribution in [0.2, 0.25) is 0 Å². The van der Waals surface area contributed by atoms with Gasteiger partial charge in [0.1, 0.15) is 28.4 Å². The van der Waals surface area contributed by atoms with Crippen LogP contribution < -0.4 is 9.47 Å². The number of hydrogen-bond donors (Lipinski definition) is 1. The van der Waals surface area contributed by atoms with E-state index in [4.69, 9.17) is 9.47 Å². The molecular formula is C21H20O4. The Morgan fingerprint density at radius 3 is 2.64 bits per heavy atom. The van der Waals surface area contributed by atoms with Crippen LogP contribution in [-0.4, -0.2) is 23.6 Å². The van der Waals surface area contributed by atoms with Gasteiger partial charge in [-0.2, -0.15) is 0 Å². The number of ether oxygens (including phenoxy) is 2. The number of hydrogen-bond acceptors (Lipinski definition) is 4. The minimum atomic E-state index is -0.483. The van der Waals surface area contributed by atoms with E-state index < -0.39 is 5.60 Å². The second kappa shape index (κ2) is 6.48. The van der Waals surface area contributed by atoms with Crippen LogP contribution in [0.3, 0.4) is 0 Å². The quantitative estimate of drug-likeness (QED) is 0.660. The minimum absolute atomic E-state index is 0.126. The fraction of sp³-hybridized carbons (Fsp3) is 0.190. The molecule has 0 aromatic heterocycles. The van der Waals surface area contributed by atoms with Crippen molar-refractivity contribution < 1.29 is 19.4 Å². The van der Waals surface area contributed by atoms with Gasteiger partial charge in [-0.1, -0.05) is 36.4 Å². The number of aromatic hydroxyl groups is 1. The fourth-order valence-corrected chi connectivity index (χ4v) is 2.70. The highest BCUT2D eigenvalue weighted by Gasteiger charge is 2.28. The zero-order valence-electron chi connectivity index (χ0n) is 14.4. The second-order valence-electron chi connectivity index (χ2n) is 6.36. The zero-order chi connectivity index (χ0) is 18.0. The standard InChI is InChI=1S/C21H20O4/c1-21(2)12-11-15-17(25-21)13-18(24-3)19(20(15)23)16(22)10-9-14-7-5-4-6-8-14/h4-13,23H,1-3H3/b10-9+. The molecule has 4 heteroatoms. The van der Waals surface area contributed by atoms with Crippen LogP contribution in [-0.2, 0) is 0 Å². The maximum Gasteiger partial charge on any atom is 0.193 e. The van der Waals surface area contributed by atoms with Crippen LogP contribution in [0.25, 0.3) is 12.2 Å². The molecule has 3 rings (SSSR count). The average molecular weight is 336 g/mol. The fourth-order valence-electron chi connectivity index (χ4n) is 2.70. The van der Waals surface area contributed by atoms with Gasteiger partial charge >= 0.3 is 0 Å².